The first-order chi connectivity index (χ1) is 8.20. The molecule has 2 aromatic rings. The standard InChI is InChI=1S/C11H11Cl2N3S/c12-10-6-8(11(13)17-10)9(16-14)5-7-3-1-2-4-15-7/h1-4,6,9,16H,5,14H2. The summed E-state index contributed by atoms with van der Waals surface area (Å²) in [6, 6.07) is 7.52. The van der Waals surface area contributed by atoms with Crippen LogP contribution in [0.3, 0.4) is 0 Å². The Kier molecular flexibility index (Phi) is 4.36. The van der Waals surface area contributed by atoms with Crippen LogP contribution < -0.4 is 11.3 Å². The molecule has 0 spiro atoms. The van der Waals surface area contributed by atoms with E-state index in [-0.39, 0.29) is 6.04 Å². The predicted molar refractivity (Wildman–Crippen MR) is 72.3 cm³/mol. The van der Waals surface area contributed by atoms with Crippen LogP contribution in [0.5, 0.6) is 0 Å². The van der Waals surface area contributed by atoms with E-state index in [1.54, 1.807) is 6.20 Å². The monoisotopic (exact) mass is 287 g/mol. The highest BCUT2D eigenvalue weighted by atomic mass is 35.5. The second-order valence-electron chi connectivity index (χ2n) is 3.52. The molecule has 0 aliphatic rings. The minimum atomic E-state index is -0.0823. The number of nitrogens with zero attached hydrogens (tertiary/aromatic N) is 1. The molecule has 0 amide bonds. The lowest BCUT2D eigenvalue weighted by Gasteiger charge is -2.14. The Morgan fingerprint density at radius 3 is 2.76 bits per heavy atom. The molecule has 0 saturated heterocycles. The first-order valence-corrected chi connectivity index (χ1v) is 6.58. The average Bonchev–Trinajstić information content (AvgIpc) is 2.67. The Labute approximate surface area is 114 Å². The topological polar surface area (TPSA) is 50.9 Å². The van der Waals surface area contributed by atoms with Crippen LogP contribution in [-0.4, -0.2) is 4.98 Å². The molecule has 0 aliphatic carbocycles. The summed E-state index contributed by atoms with van der Waals surface area (Å²) in [5.41, 5.74) is 4.61. The molecule has 17 heavy (non-hydrogen) atoms. The van der Waals surface area contributed by atoms with E-state index in [2.05, 4.69) is 10.4 Å². The van der Waals surface area contributed by atoms with Gasteiger partial charge >= 0.3 is 0 Å². The molecular formula is C11H11Cl2N3S. The van der Waals surface area contributed by atoms with Gasteiger partial charge in [0.05, 0.1) is 14.7 Å². The zero-order valence-electron chi connectivity index (χ0n) is 8.86. The van der Waals surface area contributed by atoms with Crippen LogP contribution in [-0.2, 0) is 6.42 Å². The van der Waals surface area contributed by atoms with E-state index in [0.717, 1.165) is 11.3 Å². The number of nitrogens with two attached hydrogens (primary N) is 1. The summed E-state index contributed by atoms with van der Waals surface area (Å²) in [4.78, 5) is 4.26. The first kappa shape index (κ1) is 12.8. The van der Waals surface area contributed by atoms with Gasteiger partial charge in [-0.2, -0.15) is 0 Å². The van der Waals surface area contributed by atoms with Crippen LogP contribution in [0.4, 0.5) is 0 Å². The van der Waals surface area contributed by atoms with Gasteiger partial charge in [-0.15, -0.1) is 11.3 Å². The lowest BCUT2D eigenvalue weighted by molar-refractivity contribution is 0.547. The fraction of sp³-hybridized carbons (Fsp3) is 0.182. The Morgan fingerprint density at radius 2 is 2.24 bits per heavy atom. The number of hydrazine groups is 1. The van der Waals surface area contributed by atoms with Crippen molar-refractivity contribution in [3.8, 4) is 0 Å². The van der Waals surface area contributed by atoms with Crippen LogP contribution in [0.1, 0.15) is 17.3 Å². The Bertz CT molecular complexity index is 487. The summed E-state index contributed by atoms with van der Waals surface area (Å²) in [5, 5.41) is 0. The number of aromatic nitrogens is 1. The van der Waals surface area contributed by atoms with Gasteiger partial charge in [0.1, 0.15) is 0 Å². The fourth-order valence-corrected chi connectivity index (χ4v) is 3.16. The smallest absolute Gasteiger partial charge is 0.0992 e. The van der Waals surface area contributed by atoms with Gasteiger partial charge in [-0.3, -0.25) is 16.3 Å². The van der Waals surface area contributed by atoms with Crippen molar-refractivity contribution in [1.29, 1.82) is 0 Å². The van der Waals surface area contributed by atoms with E-state index in [1.807, 2.05) is 24.3 Å². The molecule has 90 valence electrons. The Balaban J connectivity index is 2.20. The molecule has 0 aliphatic heterocycles. The van der Waals surface area contributed by atoms with Gasteiger partial charge in [0.15, 0.2) is 0 Å². The van der Waals surface area contributed by atoms with Crippen molar-refractivity contribution in [2.24, 2.45) is 5.84 Å². The van der Waals surface area contributed by atoms with Gasteiger partial charge in [0.2, 0.25) is 0 Å². The molecule has 3 N–H and O–H groups in total. The molecule has 2 heterocycles. The van der Waals surface area contributed by atoms with Crippen molar-refractivity contribution in [2.75, 3.05) is 0 Å². The van der Waals surface area contributed by atoms with E-state index >= 15 is 0 Å². The SMILES string of the molecule is NNC(Cc1ccccn1)c1cc(Cl)sc1Cl. The van der Waals surface area contributed by atoms with Gasteiger partial charge in [-0.1, -0.05) is 29.3 Å². The predicted octanol–water partition coefficient (Wildman–Crippen LogP) is 3.20. The molecule has 0 radical (unpaired) electrons. The van der Waals surface area contributed by atoms with Crippen molar-refractivity contribution in [3.05, 3.63) is 50.4 Å². The molecule has 0 aromatic carbocycles. The molecule has 0 bridgehead atoms. The average molecular weight is 288 g/mol. The molecular weight excluding hydrogens is 277 g/mol. The number of nitrogens with one attached hydrogen (secondary N) is 1. The van der Waals surface area contributed by atoms with Crippen molar-refractivity contribution < 1.29 is 0 Å². The second-order valence-corrected chi connectivity index (χ2v) is 5.81. The van der Waals surface area contributed by atoms with Gasteiger partial charge < -0.3 is 0 Å². The minimum absolute atomic E-state index is 0.0823. The van der Waals surface area contributed by atoms with Crippen LogP contribution in [0.25, 0.3) is 0 Å². The maximum atomic E-state index is 6.10. The third kappa shape index (κ3) is 3.18. The van der Waals surface area contributed by atoms with Crippen molar-refractivity contribution >= 4 is 34.5 Å². The summed E-state index contributed by atoms with van der Waals surface area (Å²) >= 11 is 13.4. The fourth-order valence-electron chi connectivity index (χ4n) is 1.58. The first-order valence-electron chi connectivity index (χ1n) is 5.01. The summed E-state index contributed by atoms with van der Waals surface area (Å²) in [5.74, 6) is 5.56. The summed E-state index contributed by atoms with van der Waals surface area (Å²) in [6.07, 6.45) is 2.43. The van der Waals surface area contributed by atoms with Crippen molar-refractivity contribution in [3.63, 3.8) is 0 Å². The highest BCUT2D eigenvalue weighted by Crippen LogP contribution is 2.35. The number of rotatable bonds is 4. The molecule has 1 unspecified atom stereocenters. The molecule has 2 aromatic heterocycles. The maximum absolute atomic E-state index is 6.10. The number of hydrogen-bond donors (Lipinski definition) is 2. The Morgan fingerprint density at radius 1 is 1.41 bits per heavy atom. The van der Waals surface area contributed by atoms with Crippen LogP contribution in [0.2, 0.25) is 8.67 Å². The van der Waals surface area contributed by atoms with E-state index in [9.17, 15) is 0 Å². The largest absolute Gasteiger partial charge is 0.271 e. The van der Waals surface area contributed by atoms with Crippen LogP contribution >= 0.6 is 34.5 Å². The van der Waals surface area contributed by atoms with E-state index in [0.29, 0.717) is 15.1 Å². The molecule has 0 fully saturated rings. The molecule has 2 rings (SSSR count). The molecule has 6 heteroatoms. The van der Waals surface area contributed by atoms with Gasteiger partial charge in [0.25, 0.3) is 0 Å². The summed E-state index contributed by atoms with van der Waals surface area (Å²) in [6.45, 7) is 0. The number of pyridine rings is 1. The van der Waals surface area contributed by atoms with E-state index in [4.69, 9.17) is 29.0 Å². The zero-order valence-corrected chi connectivity index (χ0v) is 11.2. The van der Waals surface area contributed by atoms with Gasteiger partial charge in [-0.05, 0) is 18.2 Å². The van der Waals surface area contributed by atoms with E-state index in [1.165, 1.54) is 11.3 Å². The van der Waals surface area contributed by atoms with Gasteiger partial charge in [-0.25, -0.2) is 0 Å². The van der Waals surface area contributed by atoms with Crippen LogP contribution in [0, 0.1) is 0 Å². The zero-order chi connectivity index (χ0) is 12.3. The quantitative estimate of drug-likeness (QED) is 0.671. The van der Waals surface area contributed by atoms with Gasteiger partial charge in [0, 0.05) is 23.9 Å². The lowest BCUT2D eigenvalue weighted by Crippen LogP contribution is -2.29. The third-order valence-electron chi connectivity index (χ3n) is 2.40. The number of hydrogen-bond acceptors (Lipinski definition) is 4. The highest BCUT2D eigenvalue weighted by molar-refractivity contribution is 7.20. The number of thiophene rings is 1. The second kappa shape index (κ2) is 5.80. The molecule has 3 nitrogen and oxygen atoms in total. The third-order valence-corrected chi connectivity index (χ3v) is 3.92. The Hall–Kier alpha value is -0.650. The van der Waals surface area contributed by atoms with E-state index < -0.39 is 0 Å². The number of halogens is 2. The summed E-state index contributed by atoms with van der Waals surface area (Å²) < 4.78 is 1.32. The normalized spacial score (nSPS) is 12.6. The minimum Gasteiger partial charge on any atom is -0.271 e. The highest BCUT2D eigenvalue weighted by Gasteiger charge is 2.17. The maximum Gasteiger partial charge on any atom is 0.0992 e. The molecule has 1 atom stereocenters. The lowest BCUT2D eigenvalue weighted by atomic mass is 10.1. The summed E-state index contributed by atoms with van der Waals surface area (Å²) in [7, 11) is 0. The van der Waals surface area contributed by atoms with Crippen molar-refractivity contribution in [2.45, 2.75) is 12.5 Å². The van der Waals surface area contributed by atoms with Crippen molar-refractivity contribution in [1.82, 2.24) is 10.4 Å². The molecule has 0 saturated carbocycles. The van der Waals surface area contributed by atoms with Crippen LogP contribution in [0.15, 0.2) is 30.5 Å².